The van der Waals surface area contributed by atoms with Crippen LogP contribution in [0.25, 0.3) is 11.0 Å². The molecule has 1 saturated heterocycles. The first-order chi connectivity index (χ1) is 15.7. The van der Waals surface area contributed by atoms with Crippen LogP contribution in [0.3, 0.4) is 0 Å². The van der Waals surface area contributed by atoms with E-state index in [1.165, 1.54) is 0 Å². The van der Waals surface area contributed by atoms with E-state index in [0.717, 1.165) is 40.9 Å². The molecular formula is C25H31N5O3. The summed E-state index contributed by atoms with van der Waals surface area (Å²) in [5.74, 6) is 0.197. The highest BCUT2D eigenvalue weighted by Crippen LogP contribution is 2.33. The van der Waals surface area contributed by atoms with Gasteiger partial charge < -0.3 is 25.3 Å². The molecule has 0 spiro atoms. The van der Waals surface area contributed by atoms with E-state index in [1.807, 2.05) is 45.0 Å². The summed E-state index contributed by atoms with van der Waals surface area (Å²) in [6.45, 7) is 6.99. The molecule has 0 atom stereocenters. The second-order valence-corrected chi connectivity index (χ2v) is 9.37. The number of aromatic amines is 1. The van der Waals surface area contributed by atoms with Crippen LogP contribution < -0.4 is 10.6 Å². The van der Waals surface area contributed by atoms with E-state index in [4.69, 9.17) is 4.74 Å². The molecule has 3 N–H and O–H groups in total. The van der Waals surface area contributed by atoms with Gasteiger partial charge in [-0.1, -0.05) is 6.07 Å². The van der Waals surface area contributed by atoms with Crippen LogP contribution in [0.1, 0.15) is 55.6 Å². The van der Waals surface area contributed by atoms with Gasteiger partial charge in [0.25, 0.3) is 5.91 Å². The summed E-state index contributed by atoms with van der Waals surface area (Å²) in [6, 6.07) is 11.5. The number of carbonyl (C=O) groups is 2. The molecule has 174 valence electrons. The van der Waals surface area contributed by atoms with Gasteiger partial charge in [-0.25, -0.2) is 9.78 Å². The van der Waals surface area contributed by atoms with Gasteiger partial charge in [-0.15, -0.1) is 0 Å². The number of fused-ring (bicyclic) bond motifs is 1. The lowest BCUT2D eigenvalue weighted by Crippen LogP contribution is -2.41. The maximum Gasteiger partial charge on any atom is 0.410 e. The number of carbonyl (C=O) groups excluding carboxylic acids is 2. The van der Waals surface area contributed by atoms with Crippen LogP contribution in [0.2, 0.25) is 0 Å². The molecule has 8 nitrogen and oxygen atoms in total. The second-order valence-electron chi connectivity index (χ2n) is 9.37. The minimum Gasteiger partial charge on any atom is -0.444 e. The average Bonchev–Trinajstić information content (AvgIpc) is 3.23. The number of anilines is 2. The van der Waals surface area contributed by atoms with Crippen LogP contribution in [0.15, 0.2) is 42.6 Å². The number of hydrogen-bond donors (Lipinski definition) is 3. The van der Waals surface area contributed by atoms with E-state index in [0.29, 0.717) is 24.6 Å². The molecule has 0 aliphatic carbocycles. The number of nitrogens with zero attached hydrogens (tertiary/aromatic N) is 2. The lowest BCUT2D eigenvalue weighted by Gasteiger charge is -2.33. The maximum absolute atomic E-state index is 12.4. The zero-order chi connectivity index (χ0) is 23.6. The molecule has 2 amide bonds. The van der Waals surface area contributed by atoms with E-state index in [9.17, 15) is 9.59 Å². The molecule has 0 unspecified atom stereocenters. The average molecular weight is 450 g/mol. The molecule has 1 aliphatic heterocycles. The lowest BCUT2D eigenvalue weighted by atomic mass is 9.94. The molecule has 2 aromatic heterocycles. The number of ether oxygens (including phenoxy) is 1. The standard InChI is InChI=1S/C25H31N5O3/c1-25(2,3)33-24(32)30-12-9-16(10-13-30)21-15-19-20(8-11-27-22(19)29-21)28-18-7-5-6-17(14-18)23(31)26-4/h5-8,11,14-16H,9-10,12-13H2,1-4H3,(H,26,31)(H2,27,28,29). The van der Waals surface area contributed by atoms with Gasteiger partial charge in [0, 0.05) is 54.6 Å². The number of H-pyrrole nitrogens is 1. The first-order valence-electron chi connectivity index (χ1n) is 11.3. The maximum atomic E-state index is 12.4. The summed E-state index contributed by atoms with van der Waals surface area (Å²) in [5, 5.41) is 7.06. The van der Waals surface area contributed by atoms with Gasteiger partial charge in [-0.05, 0) is 63.9 Å². The van der Waals surface area contributed by atoms with Gasteiger partial charge in [-0.2, -0.15) is 0 Å². The summed E-state index contributed by atoms with van der Waals surface area (Å²) in [7, 11) is 1.62. The van der Waals surface area contributed by atoms with Crippen LogP contribution in [0.5, 0.6) is 0 Å². The smallest absolute Gasteiger partial charge is 0.410 e. The van der Waals surface area contributed by atoms with Crippen molar-refractivity contribution in [1.82, 2.24) is 20.2 Å². The largest absolute Gasteiger partial charge is 0.444 e. The fourth-order valence-corrected chi connectivity index (χ4v) is 4.11. The highest BCUT2D eigenvalue weighted by Gasteiger charge is 2.28. The molecule has 1 aliphatic rings. The van der Waals surface area contributed by atoms with Crippen LogP contribution in [-0.2, 0) is 4.74 Å². The first-order valence-corrected chi connectivity index (χ1v) is 11.3. The second kappa shape index (κ2) is 9.13. The quantitative estimate of drug-likeness (QED) is 0.532. The van der Waals surface area contributed by atoms with Gasteiger partial charge in [0.2, 0.25) is 0 Å². The number of likely N-dealkylation sites (tertiary alicyclic amines) is 1. The number of pyridine rings is 1. The molecule has 8 heteroatoms. The summed E-state index contributed by atoms with van der Waals surface area (Å²) < 4.78 is 5.50. The van der Waals surface area contributed by atoms with E-state index < -0.39 is 5.60 Å². The number of amides is 2. The van der Waals surface area contributed by atoms with Gasteiger partial charge in [-0.3, -0.25) is 4.79 Å². The number of piperidine rings is 1. The third-order valence-electron chi connectivity index (χ3n) is 5.77. The zero-order valence-corrected chi connectivity index (χ0v) is 19.6. The fourth-order valence-electron chi connectivity index (χ4n) is 4.11. The van der Waals surface area contributed by atoms with Crippen molar-refractivity contribution in [2.45, 2.75) is 45.1 Å². The van der Waals surface area contributed by atoms with Gasteiger partial charge in [0.15, 0.2) is 0 Å². The summed E-state index contributed by atoms with van der Waals surface area (Å²) in [4.78, 5) is 34.1. The Morgan fingerprint density at radius 2 is 1.91 bits per heavy atom. The Bertz CT molecular complexity index is 1160. The SMILES string of the molecule is CNC(=O)c1cccc(Nc2ccnc3[nH]c(C4CCN(C(=O)OC(C)(C)C)CC4)cc23)c1. The molecule has 3 heterocycles. The number of benzene rings is 1. The van der Waals surface area contributed by atoms with Gasteiger partial charge in [0.1, 0.15) is 11.2 Å². The van der Waals surface area contributed by atoms with Crippen LogP contribution in [0, 0.1) is 0 Å². The minimum absolute atomic E-state index is 0.125. The number of nitrogens with one attached hydrogen (secondary N) is 3. The molecule has 0 radical (unpaired) electrons. The Morgan fingerprint density at radius 1 is 1.15 bits per heavy atom. The topological polar surface area (TPSA) is 99.4 Å². The van der Waals surface area contributed by atoms with Crippen LogP contribution in [-0.4, -0.2) is 52.6 Å². The van der Waals surface area contributed by atoms with E-state index in [1.54, 1.807) is 24.2 Å². The summed E-state index contributed by atoms with van der Waals surface area (Å²) in [6.07, 6.45) is 3.25. The van der Waals surface area contributed by atoms with Crippen molar-refractivity contribution in [3.63, 3.8) is 0 Å². The highest BCUT2D eigenvalue weighted by atomic mass is 16.6. The number of rotatable bonds is 4. The Kier molecular flexibility index (Phi) is 6.26. The normalized spacial score (nSPS) is 14.8. The van der Waals surface area contributed by atoms with Crippen LogP contribution >= 0.6 is 0 Å². The van der Waals surface area contributed by atoms with Crippen molar-refractivity contribution < 1.29 is 14.3 Å². The first kappa shape index (κ1) is 22.6. The summed E-state index contributed by atoms with van der Waals surface area (Å²) in [5.41, 5.74) is 3.79. The Morgan fingerprint density at radius 3 is 2.61 bits per heavy atom. The fraction of sp³-hybridized carbons (Fsp3) is 0.400. The number of hydrogen-bond acceptors (Lipinski definition) is 5. The van der Waals surface area contributed by atoms with Crippen molar-refractivity contribution in [3.05, 3.63) is 53.9 Å². The minimum atomic E-state index is -0.486. The molecule has 1 fully saturated rings. The number of aromatic nitrogens is 2. The van der Waals surface area contributed by atoms with E-state index in [2.05, 4.69) is 26.7 Å². The van der Waals surface area contributed by atoms with Crippen molar-refractivity contribution in [3.8, 4) is 0 Å². The predicted octanol–water partition coefficient (Wildman–Crippen LogP) is 4.78. The molecular weight excluding hydrogens is 418 g/mol. The Balaban J connectivity index is 1.48. The molecule has 0 saturated carbocycles. The monoisotopic (exact) mass is 449 g/mol. The van der Waals surface area contributed by atoms with Crippen molar-refractivity contribution >= 4 is 34.4 Å². The Labute approximate surface area is 193 Å². The Hall–Kier alpha value is -3.55. The van der Waals surface area contributed by atoms with Gasteiger partial charge in [0.05, 0.1) is 5.69 Å². The third kappa shape index (κ3) is 5.27. The highest BCUT2D eigenvalue weighted by molar-refractivity contribution is 5.96. The lowest BCUT2D eigenvalue weighted by molar-refractivity contribution is 0.0204. The van der Waals surface area contributed by atoms with Crippen molar-refractivity contribution in [2.75, 3.05) is 25.5 Å². The summed E-state index contributed by atoms with van der Waals surface area (Å²) >= 11 is 0. The molecule has 33 heavy (non-hydrogen) atoms. The molecule has 3 aromatic rings. The zero-order valence-electron chi connectivity index (χ0n) is 19.6. The van der Waals surface area contributed by atoms with Crippen molar-refractivity contribution in [2.24, 2.45) is 0 Å². The molecule has 1 aromatic carbocycles. The van der Waals surface area contributed by atoms with Crippen LogP contribution in [0.4, 0.5) is 16.2 Å². The van der Waals surface area contributed by atoms with Crippen molar-refractivity contribution in [1.29, 1.82) is 0 Å². The van der Waals surface area contributed by atoms with E-state index >= 15 is 0 Å². The van der Waals surface area contributed by atoms with E-state index in [-0.39, 0.29) is 12.0 Å². The molecule has 4 rings (SSSR count). The predicted molar refractivity (Wildman–Crippen MR) is 129 cm³/mol. The van der Waals surface area contributed by atoms with Gasteiger partial charge >= 0.3 is 6.09 Å². The molecule has 0 bridgehead atoms. The third-order valence-corrected chi connectivity index (χ3v) is 5.77.